The van der Waals surface area contributed by atoms with Crippen molar-refractivity contribution in [3.8, 4) is 11.5 Å². The van der Waals surface area contributed by atoms with E-state index >= 15 is 0 Å². The molecular formula is C15H15ClN2O2S. The third-order valence-electron chi connectivity index (χ3n) is 2.78. The van der Waals surface area contributed by atoms with E-state index in [1.807, 2.05) is 12.1 Å². The van der Waals surface area contributed by atoms with Gasteiger partial charge in [-0.25, -0.2) is 0 Å². The van der Waals surface area contributed by atoms with Gasteiger partial charge >= 0.3 is 0 Å². The van der Waals surface area contributed by atoms with Gasteiger partial charge in [-0.3, -0.25) is 0 Å². The van der Waals surface area contributed by atoms with E-state index in [-0.39, 0.29) is 5.75 Å². The normalized spacial score (nSPS) is 10.0. The number of phenolic OH excluding ortho intramolecular Hbond substituents is 1. The van der Waals surface area contributed by atoms with Crippen molar-refractivity contribution in [2.24, 2.45) is 0 Å². The molecule has 110 valence electrons. The third kappa shape index (κ3) is 4.51. The zero-order valence-corrected chi connectivity index (χ0v) is 13.0. The fourth-order valence-corrected chi connectivity index (χ4v) is 2.14. The highest BCUT2D eigenvalue weighted by atomic mass is 35.5. The monoisotopic (exact) mass is 322 g/mol. The fraction of sp³-hybridized carbons (Fsp3) is 0.133. The Hall–Kier alpha value is -1.98. The lowest BCUT2D eigenvalue weighted by Gasteiger charge is -2.12. The molecule has 6 heteroatoms. The first-order chi connectivity index (χ1) is 10.1. The average molecular weight is 323 g/mol. The minimum atomic E-state index is 0.112. The van der Waals surface area contributed by atoms with Crippen molar-refractivity contribution in [2.75, 3.05) is 12.4 Å². The minimum Gasteiger partial charge on any atom is -0.504 e. The first-order valence-corrected chi connectivity index (χ1v) is 7.03. The molecule has 0 heterocycles. The van der Waals surface area contributed by atoms with Gasteiger partial charge in [-0.05, 0) is 48.1 Å². The molecule has 2 aromatic carbocycles. The predicted molar refractivity (Wildman–Crippen MR) is 89.2 cm³/mol. The summed E-state index contributed by atoms with van der Waals surface area (Å²) in [7, 11) is 1.51. The van der Waals surface area contributed by atoms with E-state index in [1.54, 1.807) is 30.3 Å². The zero-order valence-electron chi connectivity index (χ0n) is 11.4. The van der Waals surface area contributed by atoms with E-state index in [0.29, 0.717) is 22.4 Å². The van der Waals surface area contributed by atoms with Gasteiger partial charge in [-0.15, -0.1) is 0 Å². The lowest BCUT2D eigenvalue weighted by atomic mass is 10.2. The van der Waals surface area contributed by atoms with E-state index in [2.05, 4.69) is 10.6 Å². The highest BCUT2D eigenvalue weighted by Crippen LogP contribution is 2.26. The molecular weight excluding hydrogens is 308 g/mol. The summed E-state index contributed by atoms with van der Waals surface area (Å²) in [4.78, 5) is 0. The second-order valence-corrected chi connectivity index (χ2v) is 5.17. The second kappa shape index (κ2) is 7.15. The summed E-state index contributed by atoms with van der Waals surface area (Å²) in [6.07, 6.45) is 0. The molecule has 0 radical (unpaired) electrons. The molecule has 2 rings (SSSR count). The van der Waals surface area contributed by atoms with Crippen molar-refractivity contribution < 1.29 is 9.84 Å². The number of methoxy groups -OCH3 is 1. The number of anilines is 1. The summed E-state index contributed by atoms with van der Waals surface area (Å²) >= 11 is 11.1. The average Bonchev–Trinajstić information content (AvgIpc) is 2.46. The Kier molecular flexibility index (Phi) is 5.25. The van der Waals surface area contributed by atoms with Crippen molar-refractivity contribution in [3.05, 3.63) is 53.1 Å². The van der Waals surface area contributed by atoms with Crippen LogP contribution in [-0.2, 0) is 6.54 Å². The van der Waals surface area contributed by atoms with Crippen molar-refractivity contribution >= 4 is 34.6 Å². The Morgan fingerprint density at radius 3 is 2.81 bits per heavy atom. The van der Waals surface area contributed by atoms with Crippen LogP contribution in [0.15, 0.2) is 42.5 Å². The molecule has 0 fully saturated rings. The quantitative estimate of drug-likeness (QED) is 0.752. The van der Waals surface area contributed by atoms with Crippen LogP contribution in [-0.4, -0.2) is 17.3 Å². The van der Waals surface area contributed by atoms with Gasteiger partial charge in [-0.1, -0.05) is 23.7 Å². The number of thiocarbonyl (C=S) groups is 1. The third-order valence-corrected chi connectivity index (χ3v) is 3.26. The lowest BCUT2D eigenvalue weighted by molar-refractivity contribution is 0.373. The maximum Gasteiger partial charge on any atom is 0.171 e. The van der Waals surface area contributed by atoms with Crippen LogP contribution in [0.2, 0.25) is 5.02 Å². The largest absolute Gasteiger partial charge is 0.504 e. The van der Waals surface area contributed by atoms with Gasteiger partial charge in [0.1, 0.15) is 0 Å². The molecule has 0 saturated carbocycles. The standard InChI is InChI=1S/C15H15ClN2O2S/c1-20-14-7-10(5-6-13(14)19)9-17-15(21)18-12-4-2-3-11(16)8-12/h2-8,19H,9H2,1H3,(H2,17,18,21). The van der Waals surface area contributed by atoms with Crippen LogP contribution >= 0.6 is 23.8 Å². The highest BCUT2D eigenvalue weighted by molar-refractivity contribution is 7.80. The summed E-state index contributed by atoms with van der Waals surface area (Å²) in [5.41, 5.74) is 1.77. The first-order valence-electron chi connectivity index (χ1n) is 6.25. The van der Waals surface area contributed by atoms with Crippen molar-refractivity contribution in [3.63, 3.8) is 0 Å². The molecule has 0 aliphatic rings. The molecule has 0 atom stereocenters. The number of phenols is 1. The maximum absolute atomic E-state index is 9.54. The minimum absolute atomic E-state index is 0.112. The van der Waals surface area contributed by atoms with Gasteiger partial charge in [0.05, 0.1) is 7.11 Å². The zero-order chi connectivity index (χ0) is 15.2. The Morgan fingerprint density at radius 1 is 1.29 bits per heavy atom. The number of rotatable bonds is 4. The van der Waals surface area contributed by atoms with Crippen LogP contribution in [0, 0.1) is 0 Å². The molecule has 0 aliphatic carbocycles. The molecule has 0 spiro atoms. The molecule has 21 heavy (non-hydrogen) atoms. The van der Waals surface area contributed by atoms with Crippen LogP contribution in [0.1, 0.15) is 5.56 Å². The van der Waals surface area contributed by atoms with Crippen molar-refractivity contribution in [2.45, 2.75) is 6.54 Å². The first kappa shape index (κ1) is 15.4. The van der Waals surface area contributed by atoms with Crippen LogP contribution in [0.3, 0.4) is 0 Å². The van der Waals surface area contributed by atoms with Crippen LogP contribution in [0.4, 0.5) is 5.69 Å². The smallest absolute Gasteiger partial charge is 0.171 e. The summed E-state index contributed by atoms with van der Waals surface area (Å²) in [5.74, 6) is 0.545. The molecule has 2 aromatic rings. The summed E-state index contributed by atoms with van der Waals surface area (Å²) in [6.45, 7) is 0.517. The molecule has 0 aromatic heterocycles. The van der Waals surface area contributed by atoms with Gasteiger partial charge in [0.2, 0.25) is 0 Å². The Morgan fingerprint density at radius 2 is 2.10 bits per heavy atom. The topological polar surface area (TPSA) is 53.5 Å². The molecule has 0 amide bonds. The van der Waals surface area contributed by atoms with Gasteiger partial charge in [0, 0.05) is 17.3 Å². The molecule has 0 unspecified atom stereocenters. The van der Waals surface area contributed by atoms with E-state index in [1.165, 1.54) is 7.11 Å². The van der Waals surface area contributed by atoms with E-state index in [9.17, 15) is 5.11 Å². The van der Waals surface area contributed by atoms with Crippen LogP contribution < -0.4 is 15.4 Å². The van der Waals surface area contributed by atoms with Crippen LogP contribution in [0.5, 0.6) is 11.5 Å². The van der Waals surface area contributed by atoms with Gasteiger partial charge in [0.25, 0.3) is 0 Å². The van der Waals surface area contributed by atoms with Gasteiger partial charge < -0.3 is 20.5 Å². The fourth-order valence-electron chi connectivity index (χ4n) is 1.76. The molecule has 4 nitrogen and oxygen atoms in total. The number of halogens is 1. The van der Waals surface area contributed by atoms with Crippen LogP contribution in [0.25, 0.3) is 0 Å². The van der Waals surface area contributed by atoms with Gasteiger partial charge in [0.15, 0.2) is 16.6 Å². The Labute approximate surface area is 133 Å². The number of hydrogen-bond acceptors (Lipinski definition) is 3. The SMILES string of the molecule is COc1cc(CNC(=S)Nc2cccc(Cl)c2)ccc1O. The maximum atomic E-state index is 9.54. The summed E-state index contributed by atoms with van der Waals surface area (Å²) < 4.78 is 5.06. The van der Waals surface area contributed by atoms with Gasteiger partial charge in [-0.2, -0.15) is 0 Å². The van der Waals surface area contributed by atoms with E-state index in [4.69, 9.17) is 28.6 Å². The molecule has 0 aliphatic heterocycles. The number of ether oxygens (including phenoxy) is 1. The van der Waals surface area contributed by atoms with Crippen molar-refractivity contribution in [1.82, 2.24) is 5.32 Å². The molecule has 0 bridgehead atoms. The summed E-state index contributed by atoms with van der Waals surface area (Å²) in [5, 5.41) is 16.8. The lowest BCUT2D eigenvalue weighted by Crippen LogP contribution is -2.27. The molecule has 3 N–H and O–H groups in total. The molecule has 0 saturated heterocycles. The number of nitrogens with one attached hydrogen (secondary N) is 2. The second-order valence-electron chi connectivity index (χ2n) is 4.32. The number of aromatic hydroxyl groups is 1. The van der Waals surface area contributed by atoms with Crippen molar-refractivity contribution in [1.29, 1.82) is 0 Å². The highest BCUT2D eigenvalue weighted by Gasteiger charge is 2.03. The van der Waals surface area contributed by atoms with E-state index < -0.39 is 0 Å². The summed E-state index contributed by atoms with van der Waals surface area (Å²) in [6, 6.07) is 12.5. The Balaban J connectivity index is 1.92. The number of benzene rings is 2. The predicted octanol–water partition coefficient (Wildman–Crippen LogP) is 3.54. The number of hydrogen-bond donors (Lipinski definition) is 3. The van der Waals surface area contributed by atoms with E-state index in [0.717, 1.165) is 11.3 Å². The Bertz CT molecular complexity index is 649.